The van der Waals surface area contributed by atoms with Crippen LogP contribution in [0.3, 0.4) is 0 Å². The van der Waals surface area contributed by atoms with E-state index in [9.17, 15) is 8.42 Å². The van der Waals surface area contributed by atoms with E-state index in [1.54, 1.807) is 24.3 Å². The molecule has 1 heterocycles. The molecule has 0 N–H and O–H groups in total. The largest absolute Gasteiger partial charge is 0.224 e. The third-order valence-electron chi connectivity index (χ3n) is 1.93. The highest BCUT2D eigenvalue weighted by Gasteiger charge is 2.08. The molecule has 0 amide bonds. The van der Waals surface area contributed by atoms with Crippen LogP contribution in [-0.4, -0.2) is 24.9 Å². The van der Waals surface area contributed by atoms with Gasteiger partial charge in [-0.1, -0.05) is 23.5 Å². The van der Waals surface area contributed by atoms with Crippen LogP contribution in [0.1, 0.15) is 0 Å². The van der Waals surface area contributed by atoms with Gasteiger partial charge in [-0.2, -0.15) is 0 Å². The van der Waals surface area contributed by atoms with Crippen LogP contribution >= 0.6 is 27.3 Å². The van der Waals surface area contributed by atoms with Crippen molar-refractivity contribution < 1.29 is 8.42 Å². The molecule has 1 aromatic carbocycles. The smallest absolute Gasteiger partial charge is 0.183 e. The van der Waals surface area contributed by atoms with Crippen LogP contribution < -0.4 is 0 Å². The lowest BCUT2D eigenvalue weighted by Gasteiger charge is -1.98. The Bertz CT molecular complexity index is 605. The number of sulfone groups is 1. The molecule has 0 saturated carbocycles. The molecule has 0 aliphatic carbocycles. The summed E-state index contributed by atoms with van der Waals surface area (Å²) in [4.78, 5) is 0.305. The van der Waals surface area contributed by atoms with Crippen molar-refractivity contribution >= 4 is 37.1 Å². The molecular weight excluding hydrogens is 312 g/mol. The number of rotatable bonds is 2. The molecule has 4 nitrogen and oxygen atoms in total. The van der Waals surface area contributed by atoms with Gasteiger partial charge < -0.3 is 0 Å². The zero-order chi connectivity index (χ0) is 11.8. The van der Waals surface area contributed by atoms with E-state index in [0.717, 1.165) is 10.6 Å². The average Bonchev–Trinajstić information content (AvgIpc) is 2.64. The fourth-order valence-corrected chi connectivity index (χ4v) is 2.91. The zero-order valence-corrected chi connectivity index (χ0v) is 11.4. The van der Waals surface area contributed by atoms with Crippen molar-refractivity contribution in [3.8, 4) is 10.6 Å². The van der Waals surface area contributed by atoms with Crippen molar-refractivity contribution in [2.75, 3.05) is 6.26 Å². The molecule has 84 valence electrons. The fourth-order valence-electron chi connectivity index (χ4n) is 1.17. The van der Waals surface area contributed by atoms with Crippen LogP contribution in [0.25, 0.3) is 10.6 Å². The molecule has 0 atom stereocenters. The minimum absolute atomic E-state index is 0.305. The first kappa shape index (κ1) is 11.7. The molecular formula is C9H7BrN2O2S2. The van der Waals surface area contributed by atoms with Crippen molar-refractivity contribution in [2.24, 2.45) is 0 Å². The number of benzene rings is 1. The Hall–Kier alpha value is -0.790. The molecule has 0 radical (unpaired) electrons. The quantitative estimate of drug-likeness (QED) is 0.853. The summed E-state index contributed by atoms with van der Waals surface area (Å²) in [6.07, 6.45) is 1.18. The normalized spacial score (nSPS) is 11.6. The summed E-state index contributed by atoms with van der Waals surface area (Å²) in [5.74, 6) is 0. The summed E-state index contributed by atoms with van der Waals surface area (Å²) < 4.78 is 23.2. The van der Waals surface area contributed by atoms with E-state index in [1.165, 1.54) is 17.6 Å². The van der Waals surface area contributed by atoms with Crippen molar-refractivity contribution in [2.45, 2.75) is 4.90 Å². The maximum absolute atomic E-state index is 11.3. The van der Waals surface area contributed by atoms with Crippen LogP contribution in [-0.2, 0) is 9.84 Å². The Morgan fingerprint density at radius 1 is 1.19 bits per heavy atom. The molecule has 0 aliphatic rings. The van der Waals surface area contributed by atoms with Gasteiger partial charge in [0.05, 0.1) is 4.90 Å². The lowest BCUT2D eigenvalue weighted by molar-refractivity contribution is 0.602. The summed E-state index contributed by atoms with van der Waals surface area (Å²) in [6, 6.07) is 6.59. The van der Waals surface area contributed by atoms with E-state index in [0.29, 0.717) is 8.81 Å². The first-order valence-corrected chi connectivity index (χ1v) is 7.76. The highest BCUT2D eigenvalue weighted by molar-refractivity contribution is 9.11. The molecule has 1 aromatic heterocycles. The Morgan fingerprint density at radius 3 is 2.25 bits per heavy atom. The van der Waals surface area contributed by atoms with Gasteiger partial charge in [-0.15, -0.1) is 10.2 Å². The number of nitrogens with zero attached hydrogens (tertiary/aromatic N) is 2. The molecule has 0 fully saturated rings. The second-order valence-electron chi connectivity index (χ2n) is 3.16. The van der Waals surface area contributed by atoms with Crippen molar-refractivity contribution in [3.63, 3.8) is 0 Å². The van der Waals surface area contributed by atoms with E-state index >= 15 is 0 Å². The summed E-state index contributed by atoms with van der Waals surface area (Å²) in [6.45, 7) is 0. The highest BCUT2D eigenvalue weighted by Crippen LogP contribution is 2.26. The van der Waals surface area contributed by atoms with Gasteiger partial charge in [0.1, 0.15) is 5.01 Å². The van der Waals surface area contributed by atoms with Gasteiger partial charge in [0.25, 0.3) is 0 Å². The Labute approximate surface area is 105 Å². The average molecular weight is 319 g/mol. The van der Waals surface area contributed by atoms with Gasteiger partial charge in [0.15, 0.2) is 13.8 Å². The maximum atomic E-state index is 11.3. The van der Waals surface area contributed by atoms with Crippen molar-refractivity contribution in [1.82, 2.24) is 10.2 Å². The number of hydrogen-bond acceptors (Lipinski definition) is 5. The topological polar surface area (TPSA) is 59.9 Å². The molecule has 2 aromatic rings. The Balaban J connectivity index is 2.40. The van der Waals surface area contributed by atoms with Gasteiger partial charge in [-0.05, 0) is 28.1 Å². The second-order valence-corrected chi connectivity index (χ2v) is 7.43. The van der Waals surface area contributed by atoms with Gasteiger partial charge in [0, 0.05) is 11.8 Å². The molecule has 0 spiro atoms. The fraction of sp³-hybridized carbons (Fsp3) is 0.111. The van der Waals surface area contributed by atoms with Gasteiger partial charge in [-0.25, -0.2) is 8.42 Å². The van der Waals surface area contributed by atoms with Gasteiger partial charge in [-0.3, -0.25) is 0 Å². The molecule has 0 aliphatic heterocycles. The lowest BCUT2D eigenvalue weighted by atomic mass is 10.2. The first-order chi connectivity index (χ1) is 7.47. The molecule has 0 unspecified atom stereocenters. The third-order valence-corrected chi connectivity index (χ3v) is 4.46. The summed E-state index contributed by atoms with van der Waals surface area (Å²) in [7, 11) is -3.14. The Kier molecular flexibility index (Phi) is 3.09. The predicted molar refractivity (Wildman–Crippen MR) is 66.2 cm³/mol. The van der Waals surface area contributed by atoms with Gasteiger partial charge in [0.2, 0.25) is 0 Å². The number of aromatic nitrogens is 2. The molecule has 0 saturated heterocycles. The van der Waals surface area contributed by atoms with Crippen LogP contribution in [0.2, 0.25) is 0 Å². The van der Waals surface area contributed by atoms with E-state index in [1.807, 2.05) is 0 Å². The van der Waals surface area contributed by atoms with E-state index in [4.69, 9.17) is 0 Å². The minimum Gasteiger partial charge on any atom is -0.224 e. The summed E-state index contributed by atoms with van der Waals surface area (Å²) in [5.41, 5.74) is 0.857. The van der Waals surface area contributed by atoms with Gasteiger partial charge >= 0.3 is 0 Å². The highest BCUT2D eigenvalue weighted by atomic mass is 79.9. The molecule has 16 heavy (non-hydrogen) atoms. The first-order valence-electron chi connectivity index (χ1n) is 4.26. The summed E-state index contributed by atoms with van der Waals surface area (Å²) >= 11 is 4.62. The third kappa shape index (κ3) is 2.47. The van der Waals surface area contributed by atoms with E-state index in [2.05, 4.69) is 26.1 Å². The SMILES string of the molecule is CS(=O)(=O)c1ccc(-c2nnc(Br)s2)cc1. The number of hydrogen-bond donors (Lipinski definition) is 0. The lowest BCUT2D eigenvalue weighted by Crippen LogP contribution is -1.96. The van der Waals surface area contributed by atoms with Crippen molar-refractivity contribution in [1.29, 1.82) is 0 Å². The minimum atomic E-state index is -3.14. The van der Waals surface area contributed by atoms with Crippen LogP contribution in [0.4, 0.5) is 0 Å². The van der Waals surface area contributed by atoms with Crippen LogP contribution in [0.15, 0.2) is 33.1 Å². The molecule has 7 heteroatoms. The second kappa shape index (κ2) is 4.23. The molecule has 0 bridgehead atoms. The maximum Gasteiger partial charge on any atom is 0.183 e. The van der Waals surface area contributed by atoms with Crippen molar-refractivity contribution in [3.05, 3.63) is 28.2 Å². The molecule has 2 rings (SSSR count). The monoisotopic (exact) mass is 318 g/mol. The predicted octanol–water partition coefficient (Wildman–Crippen LogP) is 2.37. The number of halogens is 1. The summed E-state index contributed by atoms with van der Waals surface area (Å²) in [5, 5.41) is 8.54. The van der Waals surface area contributed by atoms with Crippen LogP contribution in [0.5, 0.6) is 0 Å². The Morgan fingerprint density at radius 2 is 1.81 bits per heavy atom. The van der Waals surface area contributed by atoms with E-state index < -0.39 is 9.84 Å². The standard InChI is InChI=1S/C9H7BrN2O2S2/c1-16(13,14)7-4-2-6(3-5-7)8-11-12-9(10)15-8/h2-5H,1H3. The van der Waals surface area contributed by atoms with Crippen LogP contribution in [0, 0.1) is 0 Å². The zero-order valence-electron chi connectivity index (χ0n) is 8.21. The van der Waals surface area contributed by atoms with E-state index in [-0.39, 0.29) is 0 Å².